The third kappa shape index (κ3) is 3.35. The highest BCUT2D eigenvalue weighted by Gasteiger charge is 2.21. The van der Waals surface area contributed by atoms with Crippen LogP contribution in [0.2, 0.25) is 0 Å². The molecule has 0 aliphatic carbocycles. The summed E-state index contributed by atoms with van der Waals surface area (Å²) in [4.78, 5) is 12.5. The second kappa shape index (κ2) is 6.43. The summed E-state index contributed by atoms with van der Waals surface area (Å²) in [5.74, 6) is -0.114. The first-order chi connectivity index (χ1) is 9.93. The van der Waals surface area contributed by atoms with Crippen LogP contribution in [0.25, 0.3) is 0 Å². The van der Waals surface area contributed by atoms with Crippen molar-refractivity contribution in [1.29, 1.82) is 0 Å². The van der Waals surface area contributed by atoms with E-state index in [-0.39, 0.29) is 11.9 Å². The van der Waals surface area contributed by atoms with Crippen LogP contribution in [0.1, 0.15) is 46.7 Å². The highest BCUT2D eigenvalue weighted by molar-refractivity contribution is 9.10. The van der Waals surface area contributed by atoms with Gasteiger partial charge in [-0.1, -0.05) is 36.8 Å². The van der Waals surface area contributed by atoms with Crippen LogP contribution in [-0.4, -0.2) is 15.7 Å². The van der Waals surface area contributed by atoms with Crippen molar-refractivity contribution in [3.8, 4) is 0 Å². The third-order valence-corrected chi connectivity index (χ3v) is 4.51. The van der Waals surface area contributed by atoms with Crippen molar-refractivity contribution in [2.45, 2.75) is 33.2 Å². The summed E-state index contributed by atoms with van der Waals surface area (Å²) in [7, 11) is 1.78. The summed E-state index contributed by atoms with van der Waals surface area (Å²) in [6.07, 6.45) is 0.837. The number of carbonyl (C=O) groups excluding carboxylic acids is 1. The predicted molar refractivity (Wildman–Crippen MR) is 87.3 cm³/mol. The molecule has 1 aromatic heterocycles. The number of rotatable bonds is 4. The van der Waals surface area contributed by atoms with E-state index in [1.807, 2.05) is 6.92 Å². The average molecular weight is 350 g/mol. The first kappa shape index (κ1) is 15.8. The Balaban J connectivity index is 2.22. The van der Waals surface area contributed by atoms with Gasteiger partial charge < -0.3 is 5.32 Å². The normalized spacial score (nSPS) is 12.2. The van der Waals surface area contributed by atoms with Crippen molar-refractivity contribution in [3.63, 3.8) is 0 Å². The van der Waals surface area contributed by atoms with Crippen molar-refractivity contribution in [2.75, 3.05) is 0 Å². The number of carbonyl (C=O) groups is 1. The van der Waals surface area contributed by atoms with Crippen molar-refractivity contribution in [1.82, 2.24) is 15.1 Å². The Kier molecular flexibility index (Phi) is 4.83. The average Bonchev–Trinajstić information content (AvgIpc) is 2.70. The molecule has 4 nitrogen and oxygen atoms in total. The van der Waals surface area contributed by atoms with E-state index in [0.717, 1.165) is 22.2 Å². The number of nitrogens with zero attached hydrogens (tertiary/aromatic N) is 2. The maximum atomic E-state index is 12.5. The van der Waals surface area contributed by atoms with Crippen LogP contribution in [0, 0.1) is 13.8 Å². The Morgan fingerprint density at radius 1 is 1.33 bits per heavy atom. The Morgan fingerprint density at radius 2 is 1.95 bits per heavy atom. The number of benzene rings is 1. The second-order valence-corrected chi connectivity index (χ2v) is 6.01. The van der Waals surface area contributed by atoms with Gasteiger partial charge in [-0.15, -0.1) is 0 Å². The Labute approximate surface area is 133 Å². The summed E-state index contributed by atoms with van der Waals surface area (Å²) in [5, 5.41) is 7.34. The Hall–Kier alpha value is -1.62. The largest absolute Gasteiger partial charge is 0.344 e. The summed E-state index contributed by atoms with van der Waals surface area (Å²) in [6.45, 7) is 5.99. The van der Waals surface area contributed by atoms with Gasteiger partial charge >= 0.3 is 0 Å². The molecular formula is C16H20BrN3O. The van der Waals surface area contributed by atoms with Crippen LogP contribution in [0.3, 0.4) is 0 Å². The number of hydrogen-bond donors (Lipinski definition) is 1. The molecule has 0 aliphatic rings. The van der Waals surface area contributed by atoms with E-state index in [1.54, 1.807) is 11.7 Å². The lowest BCUT2D eigenvalue weighted by Crippen LogP contribution is -2.30. The Morgan fingerprint density at radius 3 is 2.43 bits per heavy atom. The molecule has 112 valence electrons. The van der Waals surface area contributed by atoms with Gasteiger partial charge in [-0.3, -0.25) is 9.48 Å². The molecule has 1 unspecified atom stereocenters. The standard InChI is InChI=1S/C16H20BrN3O/c1-5-13(12-8-6-10(2)7-9-12)18-16(21)15-14(17)11(3)19-20(15)4/h6-9,13H,5H2,1-4H3,(H,18,21). The zero-order valence-electron chi connectivity index (χ0n) is 12.8. The van der Waals surface area contributed by atoms with Gasteiger partial charge in [-0.05, 0) is 41.8 Å². The minimum atomic E-state index is -0.114. The molecule has 1 atom stereocenters. The molecule has 1 heterocycles. The molecule has 0 saturated heterocycles. The monoisotopic (exact) mass is 349 g/mol. The van der Waals surface area contributed by atoms with Crippen LogP contribution in [-0.2, 0) is 7.05 Å². The fraction of sp³-hybridized carbons (Fsp3) is 0.375. The minimum absolute atomic E-state index is 0.000191. The molecule has 0 saturated carbocycles. The summed E-state index contributed by atoms with van der Waals surface area (Å²) in [6, 6.07) is 8.25. The molecule has 2 rings (SSSR count). The minimum Gasteiger partial charge on any atom is -0.344 e. The Bertz CT molecular complexity index is 646. The molecule has 21 heavy (non-hydrogen) atoms. The summed E-state index contributed by atoms with van der Waals surface area (Å²) < 4.78 is 2.36. The molecule has 1 N–H and O–H groups in total. The SMILES string of the molecule is CCC(NC(=O)c1c(Br)c(C)nn1C)c1ccc(C)cc1. The van der Waals surface area contributed by atoms with Crippen molar-refractivity contribution >= 4 is 21.8 Å². The summed E-state index contributed by atoms with van der Waals surface area (Å²) in [5.41, 5.74) is 3.69. The highest BCUT2D eigenvalue weighted by atomic mass is 79.9. The van der Waals surface area contributed by atoms with Crippen molar-refractivity contribution < 1.29 is 4.79 Å². The zero-order chi connectivity index (χ0) is 15.6. The van der Waals surface area contributed by atoms with Crippen LogP contribution < -0.4 is 5.32 Å². The van der Waals surface area contributed by atoms with E-state index in [1.165, 1.54) is 5.56 Å². The van der Waals surface area contributed by atoms with Gasteiger partial charge in [0, 0.05) is 7.05 Å². The molecule has 0 radical (unpaired) electrons. The first-order valence-electron chi connectivity index (χ1n) is 7.00. The van der Waals surface area contributed by atoms with Crippen molar-refractivity contribution in [3.05, 3.63) is 51.3 Å². The molecule has 1 aromatic carbocycles. The first-order valence-corrected chi connectivity index (χ1v) is 7.79. The fourth-order valence-electron chi connectivity index (χ4n) is 2.33. The second-order valence-electron chi connectivity index (χ2n) is 5.22. The number of aryl methyl sites for hydroxylation is 3. The lowest BCUT2D eigenvalue weighted by Gasteiger charge is -2.18. The van der Waals surface area contributed by atoms with E-state index in [9.17, 15) is 4.79 Å². The van der Waals surface area contributed by atoms with E-state index < -0.39 is 0 Å². The molecular weight excluding hydrogens is 330 g/mol. The van der Waals surface area contributed by atoms with E-state index in [4.69, 9.17) is 0 Å². The molecule has 0 aliphatic heterocycles. The van der Waals surface area contributed by atoms with Crippen molar-refractivity contribution in [2.24, 2.45) is 7.05 Å². The number of hydrogen-bond acceptors (Lipinski definition) is 2. The van der Waals surface area contributed by atoms with Crippen LogP contribution in [0.5, 0.6) is 0 Å². The lowest BCUT2D eigenvalue weighted by molar-refractivity contribution is 0.0925. The van der Waals surface area contributed by atoms with Gasteiger partial charge in [-0.25, -0.2) is 0 Å². The molecule has 0 spiro atoms. The number of amides is 1. The van der Waals surface area contributed by atoms with Gasteiger partial charge in [0.25, 0.3) is 5.91 Å². The smallest absolute Gasteiger partial charge is 0.271 e. The topological polar surface area (TPSA) is 46.9 Å². The number of aromatic nitrogens is 2. The van der Waals surface area contributed by atoms with Gasteiger partial charge in [0.1, 0.15) is 5.69 Å². The number of halogens is 1. The quantitative estimate of drug-likeness (QED) is 0.914. The molecule has 1 amide bonds. The van der Waals surface area contributed by atoms with E-state index in [0.29, 0.717) is 5.69 Å². The van der Waals surface area contributed by atoms with Gasteiger partial charge in [0.15, 0.2) is 0 Å². The van der Waals surface area contributed by atoms with Crippen LogP contribution in [0.15, 0.2) is 28.7 Å². The maximum absolute atomic E-state index is 12.5. The summed E-state index contributed by atoms with van der Waals surface area (Å²) >= 11 is 3.44. The van der Waals surface area contributed by atoms with Gasteiger partial charge in [0.2, 0.25) is 0 Å². The predicted octanol–water partition coefficient (Wildman–Crippen LogP) is 3.68. The van der Waals surface area contributed by atoms with E-state index >= 15 is 0 Å². The van der Waals surface area contributed by atoms with Crippen LogP contribution >= 0.6 is 15.9 Å². The molecule has 2 aromatic rings. The maximum Gasteiger partial charge on any atom is 0.271 e. The highest BCUT2D eigenvalue weighted by Crippen LogP contribution is 2.22. The zero-order valence-corrected chi connectivity index (χ0v) is 14.4. The van der Waals surface area contributed by atoms with Gasteiger partial charge in [0.05, 0.1) is 16.2 Å². The molecule has 5 heteroatoms. The van der Waals surface area contributed by atoms with Gasteiger partial charge in [-0.2, -0.15) is 5.10 Å². The fourth-order valence-corrected chi connectivity index (χ4v) is 2.84. The lowest BCUT2D eigenvalue weighted by atomic mass is 10.0. The third-order valence-electron chi connectivity index (χ3n) is 3.56. The molecule has 0 bridgehead atoms. The van der Waals surface area contributed by atoms with E-state index in [2.05, 4.69) is 64.5 Å². The number of nitrogens with one attached hydrogen (secondary N) is 1. The molecule has 0 fully saturated rings. The van der Waals surface area contributed by atoms with Crippen LogP contribution in [0.4, 0.5) is 0 Å².